The molecule has 0 bridgehead atoms. The molecule has 2 saturated heterocycles. The van der Waals surface area contributed by atoms with Crippen LogP contribution in [-0.4, -0.2) is 38.6 Å². The van der Waals surface area contributed by atoms with Crippen molar-refractivity contribution in [2.75, 3.05) is 26.4 Å². The Bertz CT molecular complexity index is 764. The Morgan fingerprint density at radius 2 is 1.62 bits per heavy atom. The molecule has 2 aromatic rings. The molecule has 2 atom stereocenters. The molecule has 5 nitrogen and oxygen atoms in total. The molecule has 124 valence electrons. The van der Waals surface area contributed by atoms with Crippen LogP contribution in [0.15, 0.2) is 36.4 Å². The van der Waals surface area contributed by atoms with Crippen molar-refractivity contribution in [3.63, 3.8) is 0 Å². The standard InChI is InChI=1S/C19H18O5/c1-2-4-16-12(3-1)7-15-17(24-16)5-6-18(22-10-13-8-20-13)19(15)23-11-14-9-21-14/h1-6,13-14H,7-11H2. The lowest BCUT2D eigenvalue weighted by Crippen LogP contribution is -2.12. The van der Waals surface area contributed by atoms with Gasteiger partial charge in [0.15, 0.2) is 11.5 Å². The molecule has 0 aliphatic carbocycles. The lowest BCUT2D eigenvalue weighted by molar-refractivity contribution is 0.225. The van der Waals surface area contributed by atoms with Crippen LogP contribution in [0.2, 0.25) is 0 Å². The van der Waals surface area contributed by atoms with Crippen molar-refractivity contribution in [1.82, 2.24) is 0 Å². The third-order valence-corrected chi connectivity index (χ3v) is 4.38. The molecule has 3 aliphatic heterocycles. The Balaban J connectivity index is 1.47. The number of benzene rings is 2. The SMILES string of the molecule is c1ccc2c(c1)Cc1c(ccc(OCC3CO3)c1OCC1CO1)O2. The summed E-state index contributed by atoms with van der Waals surface area (Å²) in [5, 5.41) is 0. The van der Waals surface area contributed by atoms with E-state index < -0.39 is 0 Å². The Kier molecular flexibility index (Phi) is 3.35. The van der Waals surface area contributed by atoms with Gasteiger partial charge in [0.1, 0.15) is 36.9 Å². The summed E-state index contributed by atoms with van der Waals surface area (Å²) in [6.07, 6.45) is 1.17. The zero-order valence-electron chi connectivity index (χ0n) is 13.2. The molecule has 2 fully saturated rings. The third-order valence-electron chi connectivity index (χ3n) is 4.38. The van der Waals surface area contributed by atoms with Crippen molar-refractivity contribution < 1.29 is 23.7 Å². The predicted octanol–water partition coefficient (Wildman–Crippen LogP) is 2.94. The molecule has 5 rings (SSSR count). The average Bonchev–Trinajstić information content (AvgIpc) is 3.51. The van der Waals surface area contributed by atoms with Crippen LogP contribution in [0.25, 0.3) is 0 Å². The predicted molar refractivity (Wildman–Crippen MR) is 86.2 cm³/mol. The molecule has 0 radical (unpaired) electrons. The highest BCUT2D eigenvalue weighted by Gasteiger charge is 2.29. The van der Waals surface area contributed by atoms with E-state index in [1.807, 2.05) is 30.3 Å². The summed E-state index contributed by atoms with van der Waals surface area (Å²) < 4.78 is 28.5. The number of hydrogen-bond acceptors (Lipinski definition) is 5. The van der Waals surface area contributed by atoms with E-state index in [2.05, 4.69) is 6.07 Å². The minimum atomic E-state index is 0.192. The minimum absolute atomic E-state index is 0.192. The van der Waals surface area contributed by atoms with Crippen molar-refractivity contribution in [3.05, 3.63) is 47.5 Å². The van der Waals surface area contributed by atoms with Gasteiger partial charge in [-0.25, -0.2) is 0 Å². The summed E-state index contributed by atoms with van der Waals surface area (Å²) in [4.78, 5) is 0. The topological polar surface area (TPSA) is 52.8 Å². The van der Waals surface area contributed by atoms with Gasteiger partial charge < -0.3 is 23.7 Å². The van der Waals surface area contributed by atoms with Crippen LogP contribution in [0.1, 0.15) is 11.1 Å². The minimum Gasteiger partial charge on any atom is -0.487 e. The highest BCUT2D eigenvalue weighted by molar-refractivity contribution is 5.60. The zero-order valence-corrected chi connectivity index (χ0v) is 13.2. The maximum absolute atomic E-state index is 6.06. The maximum atomic E-state index is 6.06. The van der Waals surface area contributed by atoms with Crippen molar-refractivity contribution in [2.45, 2.75) is 18.6 Å². The number of ether oxygens (including phenoxy) is 5. The van der Waals surface area contributed by atoms with Gasteiger partial charge in [0, 0.05) is 12.0 Å². The second-order valence-electron chi connectivity index (χ2n) is 6.29. The van der Waals surface area contributed by atoms with Gasteiger partial charge in [-0.1, -0.05) is 18.2 Å². The molecule has 2 aromatic carbocycles. The largest absolute Gasteiger partial charge is 0.487 e. The Labute approximate surface area is 140 Å². The van der Waals surface area contributed by atoms with E-state index in [1.165, 1.54) is 0 Å². The summed E-state index contributed by atoms with van der Waals surface area (Å²) in [6.45, 7) is 2.62. The number of rotatable bonds is 6. The van der Waals surface area contributed by atoms with E-state index in [9.17, 15) is 0 Å². The smallest absolute Gasteiger partial charge is 0.168 e. The van der Waals surface area contributed by atoms with Gasteiger partial charge >= 0.3 is 0 Å². The molecule has 3 heterocycles. The summed E-state index contributed by atoms with van der Waals surface area (Å²) in [5.41, 5.74) is 2.18. The van der Waals surface area contributed by atoms with Crippen LogP contribution < -0.4 is 14.2 Å². The zero-order chi connectivity index (χ0) is 15.9. The molecule has 24 heavy (non-hydrogen) atoms. The molecule has 0 spiro atoms. The Hall–Kier alpha value is -2.24. The summed E-state index contributed by atoms with van der Waals surface area (Å²) in [5.74, 6) is 3.24. The summed E-state index contributed by atoms with van der Waals surface area (Å²) in [6, 6.07) is 12.0. The van der Waals surface area contributed by atoms with Crippen LogP contribution in [0.4, 0.5) is 0 Å². The molecular weight excluding hydrogens is 308 g/mol. The number of fused-ring (bicyclic) bond motifs is 2. The van der Waals surface area contributed by atoms with Gasteiger partial charge in [0.05, 0.1) is 13.2 Å². The average molecular weight is 326 g/mol. The van der Waals surface area contributed by atoms with Gasteiger partial charge in [0.2, 0.25) is 0 Å². The number of para-hydroxylation sites is 1. The molecule has 2 unspecified atom stereocenters. The molecule has 0 aromatic heterocycles. The van der Waals surface area contributed by atoms with Crippen molar-refractivity contribution in [3.8, 4) is 23.0 Å². The van der Waals surface area contributed by atoms with E-state index in [1.54, 1.807) is 0 Å². The first kappa shape index (κ1) is 14.1. The highest BCUT2D eigenvalue weighted by atomic mass is 16.6. The first-order valence-corrected chi connectivity index (χ1v) is 8.27. The number of hydrogen-bond donors (Lipinski definition) is 0. The van der Waals surface area contributed by atoms with Crippen LogP contribution in [0, 0.1) is 0 Å². The fourth-order valence-electron chi connectivity index (χ4n) is 2.87. The van der Waals surface area contributed by atoms with Gasteiger partial charge in [-0.3, -0.25) is 0 Å². The van der Waals surface area contributed by atoms with E-state index in [4.69, 9.17) is 23.7 Å². The maximum Gasteiger partial charge on any atom is 0.168 e. The normalized spacial score (nSPS) is 22.8. The van der Waals surface area contributed by atoms with Crippen LogP contribution >= 0.6 is 0 Å². The van der Waals surface area contributed by atoms with E-state index in [0.29, 0.717) is 13.2 Å². The third kappa shape index (κ3) is 2.81. The Morgan fingerprint density at radius 1 is 0.875 bits per heavy atom. The van der Waals surface area contributed by atoms with E-state index in [0.717, 1.165) is 53.8 Å². The number of epoxide rings is 2. The molecule has 3 aliphatic rings. The van der Waals surface area contributed by atoms with Crippen LogP contribution in [0.3, 0.4) is 0 Å². The quantitative estimate of drug-likeness (QED) is 0.652. The molecule has 5 heteroatoms. The first-order valence-electron chi connectivity index (χ1n) is 8.27. The monoisotopic (exact) mass is 326 g/mol. The van der Waals surface area contributed by atoms with Crippen molar-refractivity contribution in [1.29, 1.82) is 0 Å². The van der Waals surface area contributed by atoms with Gasteiger partial charge in [-0.15, -0.1) is 0 Å². The fourth-order valence-corrected chi connectivity index (χ4v) is 2.87. The second kappa shape index (κ2) is 5.69. The Morgan fingerprint density at radius 3 is 2.42 bits per heavy atom. The first-order chi connectivity index (χ1) is 11.9. The molecular formula is C19H18O5. The van der Waals surface area contributed by atoms with E-state index in [-0.39, 0.29) is 12.2 Å². The van der Waals surface area contributed by atoms with Gasteiger partial charge in [-0.05, 0) is 23.8 Å². The molecule has 0 amide bonds. The second-order valence-corrected chi connectivity index (χ2v) is 6.29. The lowest BCUT2D eigenvalue weighted by atomic mass is 9.99. The molecule has 0 saturated carbocycles. The lowest BCUT2D eigenvalue weighted by Gasteiger charge is -2.24. The fraction of sp³-hybridized carbons (Fsp3) is 0.368. The highest BCUT2D eigenvalue weighted by Crippen LogP contribution is 2.45. The summed E-state index contributed by atoms with van der Waals surface area (Å²) >= 11 is 0. The van der Waals surface area contributed by atoms with Crippen LogP contribution in [-0.2, 0) is 15.9 Å². The summed E-state index contributed by atoms with van der Waals surface area (Å²) in [7, 11) is 0. The van der Waals surface area contributed by atoms with Gasteiger partial charge in [0.25, 0.3) is 0 Å². The van der Waals surface area contributed by atoms with Crippen LogP contribution in [0.5, 0.6) is 23.0 Å². The van der Waals surface area contributed by atoms with Gasteiger partial charge in [-0.2, -0.15) is 0 Å². The molecule has 0 N–H and O–H groups in total. The van der Waals surface area contributed by atoms with Crippen molar-refractivity contribution in [2.24, 2.45) is 0 Å². The van der Waals surface area contributed by atoms with E-state index >= 15 is 0 Å². The van der Waals surface area contributed by atoms with Crippen molar-refractivity contribution >= 4 is 0 Å².